The summed E-state index contributed by atoms with van der Waals surface area (Å²) in [5.74, 6) is -0.363. The van der Waals surface area contributed by atoms with Crippen molar-refractivity contribution in [2.45, 2.75) is 6.92 Å². The van der Waals surface area contributed by atoms with Gasteiger partial charge in [0.1, 0.15) is 5.75 Å². The number of carboxylic acid groups (broad SMARTS) is 1. The molecule has 0 amide bonds. The number of benzene rings is 1. The van der Waals surface area contributed by atoms with Crippen molar-refractivity contribution in [3.8, 4) is 5.75 Å². The van der Waals surface area contributed by atoms with Crippen LogP contribution in [-0.2, 0) is 0 Å². The maximum atomic E-state index is 11.0. The van der Waals surface area contributed by atoms with Crippen LogP contribution in [0, 0.1) is 6.92 Å². The standard InChI is InChI=1S/C12H11NO3/c1-7-5-9-8(10(6-7)16-2)3-4-13-11(9)12(14)15/h3-6H,1-2H3,(H,14,15). The average molecular weight is 217 g/mol. The van der Waals surface area contributed by atoms with Gasteiger partial charge in [0.05, 0.1) is 7.11 Å². The van der Waals surface area contributed by atoms with Crippen LogP contribution in [0.15, 0.2) is 24.4 Å². The Kier molecular flexibility index (Phi) is 2.48. The Balaban J connectivity index is 2.87. The van der Waals surface area contributed by atoms with E-state index in [1.54, 1.807) is 19.2 Å². The predicted octanol–water partition coefficient (Wildman–Crippen LogP) is 2.25. The van der Waals surface area contributed by atoms with E-state index >= 15 is 0 Å². The monoisotopic (exact) mass is 217 g/mol. The zero-order chi connectivity index (χ0) is 11.7. The highest BCUT2D eigenvalue weighted by Crippen LogP contribution is 2.28. The Morgan fingerprint density at radius 3 is 2.75 bits per heavy atom. The zero-order valence-corrected chi connectivity index (χ0v) is 9.02. The van der Waals surface area contributed by atoms with Gasteiger partial charge in [-0.25, -0.2) is 9.78 Å². The lowest BCUT2D eigenvalue weighted by molar-refractivity contribution is 0.0693. The second-order valence-electron chi connectivity index (χ2n) is 3.53. The van der Waals surface area contributed by atoms with Crippen molar-refractivity contribution in [2.24, 2.45) is 0 Å². The topological polar surface area (TPSA) is 59.4 Å². The fourth-order valence-corrected chi connectivity index (χ4v) is 1.73. The van der Waals surface area contributed by atoms with Crippen molar-refractivity contribution in [1.29, 1.82) is 0 Å². The first-order valence-electron chi connectivity index (χ1n) is 4.80. The van der Waals surface area contributed by atoms with E-state index in [9.17, 15) is 4.79 Å². The summed E-state index contributed by atoms with van der Waals surface area (Å²) in [6, 6.07) is 5.42. The van der Waals surface area contributed by atoms with Crippen LogP contribution in [-0.4, -0.2) is 23.2 Å². The Labute approximate surface area is 92.5 Å². The van der Waals surface area contributed by atoms with E-state index in [0.717, 1.165) is 10.9 Å². The fourth-order valence-electron chi connectivity index (χ4n) is 1.73. The molecule has 0 saturated carbocycles. The number of hydrogen-bond donors (Lipinski definition) is 1. The third-order valence-electron chi connectivity index (χ3n) is 2.41. The third-order valence-corrected chi connectivity index (χ3v) is 2.41. The Morgan fingerprint density at radius 1 is 1.38 bits per heavy atom. The molecular formula is C12H11NO3. The summed E-state index contributed by atoms with van der Waals surface area (Å²) in [6.07, 6.45) is 1.48. The van der Waals surface area contributed by atoms with E-state index in [-0.39, 0.29) is 5.69 Å². The molecule has 1 N–H and O–H groups in total. The quantitative estimate of drug-likeness (QED) is 0.838. The summed E-state index contributed by atoms with van der Waals surface area (Å²) >= 11 is 0. The van der Waals surface area contributed by atoms with Crippen LogP contribution in [0.1, 0.15) is 16.1 Å². The smallest absolute Gasteiger partial charge is 0.355 e. The Morgan fingerprint density at radius 2 is 2.12 bits per heavy atom. The summed E-state index contributed by atoms with van der Waals surface area (Å²) in [4.78, 5) is 14.9. The SMILES string of the molecule is COc1cc(C)cc2c(C(=O)O)nccc12. The predicted molar refractivity (Wildman–Crippen MR) is 60.0 cm³/mol. The normalized spacial score (nSPS) is 10.4. The number of carboxylic acids is 1. The van der Waals surface area contributed by atoms with E-state index in [0.29, 0.717) is 11.1 Å². The number of aromatic carboxylic acids is 1. The van der Waals surface area contributed by atoms with Gasteiger partial charge in [0.15, 0.2) is 5.69 Å². The molecule has 82 valence electrons. The maximum absolute atomic E-state index is 11.0. The molecule has 1 aromatic heterocycles. The molecule has 4 heteroatoms. The second kappa shape index (κ2) is 3.81. The first-order chi connectivity index (χ1) is 7.63. The first kappa shape index (κ1) is 10.4. The van der Waals surface area contributed by atoms with Crippen molar-refractivity contribution in [3.05, 3.63) is 35.7 Å². The number of carbonyl (C=O) groups is 1. The molecule has 0 fully saturated rings. The number of nitrogens with zero attached hydrogens (tertiary/aromatic N) is 1. The molecule has 0 unspecified atom stereocenters. The van der Waals surface area contributed by atoms with Crippen LogP contribution in [0.2, 0.25) is 0 Å². The van der Waals surface area contributed by atoms with Gasteiger partial charge in [-0.05, 0) is 30.7 Å². The minimum Gasteiger partial charge on any atom is -0.496 e. The van der Waals surface area contributed by atoms with Gasteiger partial charge in [-0.1, -0.05) is 0 Å². The number of hydrogen-bond acceptors (Lipinski definition) is 3. The molecule has 0 aliphatic heterocycles. The van der Waals surface area contributed by atoms with Crippen LogP contribution in [0.25, 0.3) is 10.8 Å². The zero-order valence-electron chi connectivity index (χ0n) is 9.02. The minimum atomic E-state index is -1.03. The molecule has 0 bridgehead atoms. The van der Waals surface area contributed by atoms with Crippen LogP contribution < -0.4 is 4.74 Å². The number of pyridine rings is 1. The lowest BCUT2D eigenvalue weighted by Gasteiger charge is -2.08. The first-order valence-corrected chi connectivity index (χ1v) is 4.80. The van der Waals surface area contributed by atoms with Gasteiger partial charge in [-0.3, -0.25) is 0 Å². The van der Waals surface area contributed by atoms with E-state index in [2.05, 4.69) is 4.98 Å². The number of fused-ring (bicyclic) bond motifs is 1. The summed E-state index contributed by atoms with van der Waals surface area (Å²) < 4.78 is 5.22. The molecule has 4 nitrogen and oxygen atoms in total. The van der Waals surface area contributed by atoms with Crippen molar-refractivity contribution >= 4 is 16.7 Å². The maximum Gasteiger partial charge on any atom is 0.355 e. The van der Waals surface area contributed by atoms with Gasteiger partial charge in [-0.15, -0.1) is 0 Å². The summed E-state index contributed by atoms with van der Waals surface area (Å²) in [6.45, 7) is 1.89. The lowest BCUT2D eigenvalue weighted by Crippen LogP contribution is -2.01. The second-order valence-corrected chi connectivity index (χ2v) is 3.53. The number of rotatable bonds is 2. The van der Waals surface area contributed by atoms with Crippen molar-refractivity contribution in [3.63, 3.8) is 0 Å². The molecule has 0 radical (unpaired) electrons. The van der Waals surface area contributed by atoms with Gasteiger partial charge in [-0.2, -0.15) is 0 Å². The van der Waals surface area contributed by atoms with Gasteiger partial charge < -0.3 is 9.84 Å². The highest BCUT2D eigenvalue weighted by Gasteiger charge is 2.12. The van der Waals surface area contributed by atoms with Crippen LogP contribution in [0.3, 0.4) is 0 Å². The highest BCUT2D eigenvalue weighted by molar-refractivity contribution is 6.03. The van der Waals surface area contributed by atoms with E-state index in [4.69, 9.17) is 9.84 Å². The van der Waals surface area contributed by atoms with E-state index < -0.39 is 5.97 Å². The molecule has 0 atom stereocenters. The minimum absolute atomic E-state index is 0.0551. The van der Waals surface area contributed by atoms with Crippen LogP contribution >= 0.6 is 0 Å². The summed E-state index contributed by atoms with van der Waals surface area (Å²) in [7, 11) is 1.56. The fraction of sp³-hybridized carbons (Fsp3) is 0.167. The lowest BCUT2D eigenvalue weighted by atomic mass is 10.1. The number of aromatic nitrogens is 1. The number of ether oxygens (including phenoxy) is 1. The van der Waals surface area contributed by atoms with Crippen molar-refractivity contribution in [2.75, 3.05) is 7.11 Å². The van der Waals surface area contributed by atoms with Gasteiger partial charge in [0.2, 0.25) is 0 Å². The Hall–Kier alpha value is -2.10. The van der Waals surface area contributed by atoms with Gasteiger partial charge in [0, 0.05) is 17.0 Å². The van der Waals surface area contributed by atoms with Gasteiger partial charge >= 0.3 is 5.97 Å². The summed E-state index contributed by atoms with van der Waals surface area (Å²) in [5, 5.41) is 10.4. The largest absolute Gasteiger partial charge is 0.496 e. The average Bonchev–Trinajstić information content (AvgIpc) is 2.26. The van der Waals surface area contributed by atoms with Crippen molar-refractivity contribution in [1.82, 2.24) is 4.98 Å². The Bertz CT molecular complexity index is 563. The van der Waals surface area contributed by atoms with Crippen LogP contribution in [0.5, 0.6) is 5.75 Å². The molecule has 1 aromatic carbocycles. The number of aryl methyl sites for hydroxylation is 1. The molecule has 0 spiro atoms. The summed E-state index contributed by atoms with van der Waals surface area (Å²) in [5.41, 5.74) is 0.999. The number of methoxy groups -OCH3 is 1. The van der Waals surface area contributed by atoms with E-state index in [1.807, 2.05) is 13.0 Å². The molecule has 2 aromatic rings. The highest BCUT2D eigenvalue weighted by atomic mass is 16.5. The third kappa shape index (κ3) is 1.58. The van der Waals surface area contributed by atoms with Gasteiger partial charge in [0.25, 0.3) is 0 Å². The molecule has 2 rings (SSSR count). The molecule has 0 aliphatic rings. The molecule has 0 saturated heterocycles. The van der Waals surface area contributed by atoms with Crippen LogP contribution in [0.4, 0.5) is 0 Å². The van der Waals surface area contributed by atoms with E-state index in [1.165, 1.54) is 6.20 Å². The molecular weight excluding hydrogens is 206 g/mol. The van der Waals surface area contributed by atoms with Crippen molar-refractivity contribution < 1.29 is 14.6 Å². The molecule has 16 heavy (non-hydrogen) atoms. The molecule has 1 heterocycles. The molecule has 0 aliphatic carbocycles.